The number of hydrogen-bond acceptors (Lipinski definition) is 3. The van der Waals surface area contributed by atoms with Gasteiger partial charge in [0.2, 0.25) is 0 Å². The predicted octanol–water partition coefficient (Wildman–Crippen LogP) is 1.21. The Kier molecular flexibility index (Phi) is 3.00. The summed E-state index contributed by atoms with van der Waals surface area (Å²) >= 11 is 0. The molecule has 3 aliphatic rings. The van der Waals surface area contributed by atoms with Gasteiger partial charge in [-0.2, -0.15) is 0 Å². The summed E-state index contributed by atoms with van der Waals surface area (Å²) in [7, 11) is 0. The molecule has 1 aromatic carbocycles. The number of piperazine rings is 1. The average molecular weight is 271 g/mol. The molecule has 0 bridgehead atoms. The number of amides is 1. The van der Waals surface area contributed by atoms with Crippen molar-refractivity contribution >= 4 is 5.91 Å². The summed E-state index contributed by atoms with van der Waals surface area (Å²) in [5.74, 6) is 0.204. The van der Waals surface area contributed by atoms with Gasteiger partial charge in [0.25, 0.3) is 5.91 Å². The molecule has 1 saturated carbocycles. The zero-order chi connectivity index (χ0) is 13.5. The second-order valence-electron chi connectivity index (χ2n) is 6.15. The summed E-state index contributed by atoms with van der Waals surface area (Å²) in [5.41, 5.74) is 3.47. The molecule has 106 valence electrons. The van der Waals surface area contributed by atoms with Crippen LogP contribution in [0.25, 0.3) is 0 Å². The highest BCUT2D eigenvalue weighted by atomic mass is 16.2. The molecular weight excluding hydrogens is 250 g/mol. The molecule has 0 aromatic heterocycles. The minimum absolute atomic E-state index is 0.204. The second-order valence-corrected chi connectivity index (χ2v) is 6.15. The first kappa shape index (κ1) is 12.4. The predicted molar refractivity (Wildman–Crippen MR) is 77.5 cm³/mol. The van der Waals surface area contributed by atoms with E-state index in [-0.39, 0.29) is 5.91 Å². The zero-order valence-electron chi connectivity index (χ0n) is 11.8. The lowest BCUT2D eigenvalue weighted by Gasteiger charge is -2.34. The van der Waals surface area contributed by atoms with Gasteiger partial charge in [0.15, 0.2) is 0 Å². The summed E-state index contributed by atoms with van der Waals surface area (Å²) in [6.07, 6.45) is 2.71. The Balaban J connectivity index is 1.44. The first-order valence-electron chi connectivity index (χ1n) is 7.67. The highest BCUT2D eigenvalue weighted by molar-refractivity contribution is 5.94. The third-order valence-corrected chi connectivity index (χ3v) is 4.75. The van der Waals surface area contributed by atoms with Crippen molar-refractivity contribution < 1.29 is 4.79 Å². The van der Waals surface area contributed by atoms with Gasteiger partial charge >= 0.3 is 0 Å². The Morgan fingerprint density at radius 3 is 2.55 bits per heavy atom. The number of benzene rings is 1. The van der Waals surface area contributed by atoms with Crippen LogP contribution in [-0.4, -0.2) is 47.9 Å². The molecule has 4 nitrogen and oxygen atoms in total. The van der Waals surface area contributed by atoms with Crippen LogP contribution in [0.1, 0.15) is 34.3 Å². The largest absolute Gasteiger partial charge is 0.336 e. The van der Waals surface area contributed by atoms with E-state index in [2.05, 4.69) is 22.3 Å². The molecule has 1 aliphatic carbocycles. The van der Waals surface area contributed by atoms with Gasteiger partial charge in [-0.15, -0.1) is 0 Å². The Hall–Kier alpha value is -1.39. The summed E-state index contributed by atoms with van der Waals surface area (Å²) in [6, 6.07) is 6.98. The summed E-state index contributed by atoms with van der Waals surface area (Å²) in [4.78, 5) is 17.1. The second kappa shape index (κ2) is 4.86. The van der Waals surface area contributed by atoms with E-state index in [9.17, 15) is 4.79 Å². The normalized spacial score (nSPS) is 22.9. The number of carbonyl (C=O) groups excluding carboxylic acids is 1. The van der Waals surface area contributed by atoms with Crippen LogP contribution in [0.3, 0.4) is 0 Å². The van der Waals surface area contributed by atoms with Crippen molar-refractivity contribution in [2.45, 2.75) is 32.0 Å². The maximum atomic E-state index is 12.6. The van der Waals surface area contributed by atoms with Crippen molar-refractivity contribution in [3.05, 3.63) is 34.9 Å². The van der Waals surface area contributed by atoms with E-state index in [1.807, 2.05) is 11.0 Å². The molecule has 0 radical (unpaired) electrons. The van der Waals surface area contributed by atoms with E-state index >= 15 is 0 Å². The maximum Gasteiger partial charge on any atom is 0.253 e. The number of hydrogen-bond donors (Lipinski definition) is 1. The lowest BCUT2D eigenvalue weighted by Crippen LogP contribution is -2.49. The molecule has 4 heteroatoms. The van der Waals surface area contributed by atoms with Crippen molar-refractivity contribution in [2.75, 3.05) is 26.2 Å². The standard InChI is InChI=1S/C16H21N3O/c20-16(12-1-2-13-10-17-11-14(13)9-12)19-7-5-18(6-8-19)15-3-4-15/h1-2,9,15,17H,3-8,10-11H2. The summed E-state index contributed by atoms with van der Waals surface area (Å²) in [6.45, 7) is 5.68. The molecule has 2 fully saturated rings. The van der Waals surface area contributed by atoms with Crippen molar-refractivity contribution in [1.29, 1.82) is 0 Å². The van der Waals surface area contributed by atoms with E-state index in [4.69, 9.17) is 0 Å². The number of carbonyl (C=O) groups is 1. The zero-order valence-corrected chi connectivity index (χ0v) is 11.8. The van der Waals surface area contributed by atoms with Gasteiger partial charge in [0.05, 0.1) is 0 Å². The molecule has 1 saturated heterocycles. The highest BCUT2D eigenvalue weighted by Crippen LogP contribution is 2.27. The lowest BCUT2D eigenvalue weighted by molar-refractivity contribution is 0.0627. The average Bonchev–Trinajstić information content (AvgIpc) is 3.24. The Morgan fingerprint density at radius 1 is 1.05 bits per heavy atom. The van der Waals surface area contributed by atoms with Crippen LogP contribution in [-0.2, 0) is 13.1 Å². The molecule has 0 unspecified atom stereocenters. The molecule has 0 atom stereocenters. The van der Waals surface area contributed by atoms with Crippen LogP contribution in [0.5, 0.6) is 0 Å². The first-order chi connectivity index (χ1) is 9.81. The fourth-order valence-corrected chi connectivity index (χ4v) is 3.34. The summed E-state index contributed by atoms with van der Waals surface area (Å²) in [5, 5.41) is 3.33. The van der Waals surface area contributed by atoms with Gasteiger partial charge in [0, 0.05) is 50.9 Å². The molecular formula is C16H21N3O. The highest BCUT2D eigenvalue weighted by Gasteiger charge is 2.32. The Labute approximate surface area is 119 Å². The third kappa shape index (κ3) is 2.23. The lowest BCUT2D eigenvalue weighted by atomic mass is 10.1. The molecule has 4 rings (SSSR count). The monoisotopic (exact) mass is 271 g/mol. The van der Waals surface area contributed by atoms with Crippen LogP contribution in [0, 0.1) is 0 Å². The third-order valence-electron chi connectivity index (χ3n) is 4.75. The Bertz CT molecular complexity index is 531. The van der Waals surface area contributed by atoms with E-state index in [1.54, 1.807) is 0 Å². The molecule has 1 amide bonds. The molecule has 0 spiro atoms. The van der Waals surface area contributed by atoms with Crippen molar-refractivity contribution in [3.8, 4) is 0 Å². The molecule has 1 aromatic rings. The quantitative estimate of drug-likeness (QED) is 0.878. The fourth-order valence-electron chi connectivity index (χ4n) is 3.34. The van der Waals surface area contributed by atoms with E-state index in [0.717, 1.165) is 50.9 Å². The van der Waals surface area contributed by atoms with Gasteiger partial charge in [0.1, 0.15) is 0 Å². The maximum absolute atomic E-state index is 12.6. The first-order valence-corrected chi connectivity index (χ1v) is 7.67. The minimum Gasteiger partial charge on any atom is -0.336 e. The van der Waals surface area contributed by atoms with E-state index in [1.165, 1.54) is 24.0 Å². The van der Waals surface area contributed by atoms with Crippen LogP contribution in [0.15, 0.2) is 18.2 Å². The smallest absolute Gasteiger partial charge is 0.253 e. The van der Waals surface area contributed by atoms with Crippen LogP contribution >= 0.6 is 0 Å². The van der Waals surface area contributed by atoms with Gasteiger partial charge in [-0.25, -0.2) is 0 Å². The molecule has 1 N–H and O–H groups in total. The molecule has 2 heterocycles. The van der Waals surface area contributed by atoms with Gasteiger partial charge in [-0.05, 0) is 36.1 Å². The topological polar surface area (TPSA) is 35.6 Å². The number of nitrogens with zero attached hydrogens (tertiary/aromatic N) is 2. The van der Waals surface area contributed by atoms with Crippen LogP contribution < -0.4 is 5.32 Å². The molecule has 20 heavy (non-hydrogen) atoms. The van der Waals surface area contributed by atoms with Gasteiger partial charge < -0.3 is 10.2 Å². The Morgan fingerprint density at radius 2 is 1.80 bits per heavy atom. The summed E-state index contributed by atoms with van der Waals surface area (Å²) < 4.78 is 0. The van der Waals surface area contributed by atoms with Gasteiger partial charge in [-0.3, -0.25) is 9.69 Å². The fraction of sp³-hybridized carbons (Fsp3) is 0.562. The van der Waals surface area contributed by atoms with Crippen LogP contribution in [0.4, 0.5) is 0 Å². The van der Waals surface area contributed by atoms with Crippen molar-refractivity contribution in [1.82, 2.24) is 15.1 Å². The van der Waals surface area contributed by atoms with Crippen LogP contribution in [0.2, 0.25) is 0 Å². The number of fused-ring (bicyclic) bond motifs is 1. The molecule has 2 aliphatic heterocycles. The van der Waals surface area contributed by atoms with E-state index < -0.39 is 0 Å². The minimum atomic E-state index is 0.204. The van der Waals surface area contributed by atoms with Gasteiger partial charge in [-0.1, -0.05) is 6.07 Å². The van der Waals surface area contributed by atoms with E-state index in [0.29, 0.717) is 0 Å². The van der Waals surface area contributed by atoms with Crippen molar-refractivity contribution in [2.24, 2.45) is 0 Å². The number of nitrogens with one attached hydrogen (secondary N) is 1. The number of rotatable bonds is 2. The van der Waals surface area contributed by atoms with Crippen molar-refractivity contribution in [3.63, 3.8) is 0 Å². The SMILES string of the molecule is O=C(c1ccc2c(c1)CNC2)N1CCN(C2CC2)CC1.